The molecular weight excluding hydrogens is 168 g/mol. The zero-order valence-corrected chi connectivity index (χ0v) is 7.96. The Morgan fingerprint density at radius 3 is 3.15 bits per heavy atom. The fourth-order valence-electron chi connectivity index (χ4n) is 1.81. The van der Waals surface area contributed by atoms with E-state index in [1.165, 1.54) is 0 Å². The predicted molar refractivity (Wildman–Crippen MR) is 48.9 cm³/mol. The van der Waals surface area contributed by atoms with E-state index < -0.39 is 0 Å². The molecule has 1 N–H and O–H groups in total. The van der Waals surface area contributed by atoms with E-state index in [0.29, 0.717) is 13.2 Å². The highest BCUT2D eigenvalue weighted by atomic mass is 16.5. The van der Waals surface area contributed by atoms with Gasteiger partial charge in [0, 0.05) is 17.8 Å². The lowest BCUT2D eigenvalue weighted by Crippen LogP contribution is -2.23. The second-order valence-electron chi connectivity index (χ2n) is 3.54. The van der Waals surface area contributed by atoms with Crippen molar-refractivity contribution in [2.24, 2.45) is 0 Å². The summed E-state index contributed by atoms with van der Waals surface area (Å²) in [6.45, 7) is 5.30. The number of hydrogen-bond donors (Lipinski definition) is 1. The Morgan fingerprint density at radius 1 is 1.62 bits per heavy atom. The average Bonchev–Trinajstić information content (AvgIpc) is 2.28. The third-order valence-electron chi connectivity index (χ3n) is 2.48. The van der Waals surface area contributed by atoms with Gasteiger partial charge < -0.3 is 9.72 Å². The summed E-state index contributed by atoms with van der Waals surface area (Å²) in [6, 6.07) is 0. The molecule has 0 spiro atoms. The molecule has 0 unspecified atom stereocenters. The van der Waals surface area contributed by atoms with Crippen molar-refractivity contribution in [3.63, 3.8) is 0 Å². The molecule has 1 aliphatic heterocycles. The van der Waals surface area contributed by atoms with Crippen LogP contribution in [0.1, 0.15) is 18.3 Å². The number of rotatable bonds is 0. The maximum atomic E-state index is 11.4. The zero-order valence-electron chi connectivity index (χ0n) is 7.96. The maximum absolute atomic E-state index is 11.4. The highest BCUT2D eigenvalue weighted by Crippen LogP contribution is 2.10. The predicted octanol–water partition coefficient (Wildman–Crippen LogP) is 0.446. The third-order valence-corrected chi connectivity index (χ3v) is 2.48. The van der Waals surface area contributed by atoms with Crippen LogP contribution in [-0.2, 0) is 17.7 Å². The molecule has 0 amide bonds. The molecule has 2 rings (SSSR count). The van der Waals surface area contributed by atoms with Gasteiger partial charge >= 0.3 is 5.69 Å². The number of nitrogens with zero attached hydrogens (tertiary/aromatic N) is 1. The molecule has 72 valence electrons. The molecule has 1 aliphatic rings. The Bertz CT molecular complexity index is 364. The van der Waals surface area contributed by atoms with Gasteiger partial charge in [-0.1, -0.05) is 0 Å². The van der Waals surface area contributed by atoms with Crippen molar-refractivity contribution in [1.29, 1.82) is 0 Å². The molecule has 1 aromatic heterocycles. The molecule has 4 heteroatoms. The van der Waals surface area contributed by atoms with Crippen molar-refractivity contribution in [1.82, 2.24) is 9.55 Å². The molecule has 13 heavy (non-hydrogen) atoms. The van der Waals surface area contributed by atoms with Crippen LogP contribution in [0.4, 0.5) is 0 Å². The second kappa shape index (κ2) is 3.03. The Morgan fingerprint density at radius 2 is 2.38 bits per heavy atom. The molecule has 2 heterocycles. The number of nitrogens with one attached hydrogen (secondary N) is 1. The van der Waals surface area contributed by atoms with E-state index in [9.17, 15) is 4.79 Å². The molecule has 0 fully saturated rings. The molecule has 0 bridgehead atoms. The number of aryl methyl sites for hydroxylation is 1. The lowest BCUT2D eigenvalue weighted by molar-refractivity contribution is 0.0659. The van der Waals surface area contributed by atoms with Crippen LogP contribution in [0.25, 0.3) is 0 Å². The van der Waals surface area contributed by atoms with Gasteiger partial charge in [-0.15, -0.1) is 0 Å². The number of hydrogen-bond acceptors (Lipinski definition) is 2. The fraction of sp³-hybridized carbons (Fsp3) is 0.667. The van der Waals surface area contributed by atoms with Crippen molar-refractivity contribution in [2.45, 2.75) is 32.9 Å². The van der Waals surface area contributed by atoms with Crippen molar-refractivity contribution >= 4 is 0 Å². The van der Waals surface area contributed by atoms with Crippen molar-refractivity contribution in [3.05, 3.63) is 21.9 Å². The molecule has 0 saturated heterocycles. The minimum Gasteiger partial charge on any atom is -0.376 e. The number of fused-ring (bicyclic) bond motifs is 1. The van der Waals surface area contributed by atoms with E-state index in [-0.39, 0.29) is 11.8 Å². The van der Waals surface area contributed by atoms with Crippen LogP contribution in [0.2, 0.25) is 0 Å². The molecule has 4 nitrogen and oxygen atoms in total. The Balaban J connectivity index is 2.48. The monoisotopic (exact) mass is 182 g/mol. The summed E-state index contributed by atoms with van der Waals surface area (Å²) >= 11 is 0. The number of imidazole rings is 1. The highest BCUT2D eigenvalue weighted by Gasteiger charge is 2.17. The van der Waals surface area contributed by atoms with Gasteiger partial charge in [-0.05, 0) is 13.8 Å². The summed E-state index contributed by atoms with van der Waals surface area (Å²) in [7, 11) is 0. The first-order chi connectivity index (χ1) is 6.18. The van der Waals surface area contributed by atoms with Crippen molar-refractivity contribution in [2.75, 3.05) is 6.61 Å². The molecule has 0 saturated carbocycles. The smallest absolute Gasteiger partial charge is 0.326 e. The van der Waals surface area contributed by atoms with E-state index in [2.05, 4.69) is 4.98 Å². The first kappa shape index (κ1) is 8.56. The van der Waals surface area contributed by atoms with Crippen LogP contribution in [0.15, 0.2) is 4.79 Å². The molecule has 1 aromatic rings. The number of aromatic nitrogens is 2. The first-order valence-electron chi connectivity index (χ1n) is 4.58. The van der Waals surface area contributed by atoms with Crippen LogP contribution in [0.5, 0.6) is 0 Å². The largest absolute Gasteiger partial charge is 0.376 e. The van der Waals surface area contributed by atoms with Gasteiger partial charge in [0.1, 0.15) is 0 Å². The molecular formula is C9H14N2O2. The summed E-state index contributed by atoms with van der Waals surface area (Å²) in [5, 5.41) is 0. The van der Waals surface area contributed by atoms with Crippen LogP contribution in [-0.4, -0.2) is 22.3 Å². The van der Waals surface area contributed by atoms with Gasteiger partial charge in [0.25, 0.3) is 0 Å². The molecule has 0 aliphatic carbocycles. The first-order valence-corrected chi connectivity index (χ1v) is 4.58. The minimum atomic E-state index is -0.00940. The van der Waals surface area contributed by atoms with E-state index in [4.69, 9.17) is 4.74 Å². The van der Waals surface area contributed by atoms with Crippen LogP contribution in [0, 0.1) is 6.92 Å². The van der Waals surface area contributed by atoms with Gasteiger partial charge in [0.05, 0.1) is 19.3 Å². The summed E-state index contributed by atoms with van der Waals surface area (Å²) in [5.41, 5.74) is 2.06. The van der Waals surface area contributed by atoms with Gasteiger partial charge in [-0.2, -0.15) is 0 Å². The van der Waals surface area contributed by atoms with Gasteiger partial charge in [-0.25, -0.2) is 4.79 Å². The standard InChI is InChI=1S/C9H14N2O2/c1-6-5-11-8(3-4-13-6)7(2)10-9(11)12/h6H,3-5H2,1-2H3,(H,10,12)/t6-/m1/s1. The van der Waals surface area contributed by atoms with E-state index >= 15 is 0 Å². The Hall–Kier alpha value is -1.03. The normalized spacial score (nSPS) is 22.5. The quantitative estimate of drug-likeness (QED) is 0.633. The highest BCUT2D eigenvalue weighted by molar-refractivity contribution is 5.12. The van der Waals surface area contributed by atoms with Gasteiger partial charge in [-0.3, -0.25) is 4.57 Å². The maximum Gasteiger partial charge on any atom is 0.326 e. The number of aromatic amines is 1. The van der Waals surface area contributed by atoms with Crippen LogP contribution >= 0.6 is 0 Å². The molecule has 0 radical (unpaired) electrons. The summed E-state index contributed by atoms with van der Waals surface area (Å²) in [6.07, 6.45) is 0.962. The van der Waals surface area contributed by atoms with Crippen molar-refractivity contribution < 1.29 is 4.74 Å². The minimum absolute atomic E-state index is 0.00940. The average molecular weight is 182 g/mol. The number of ether oxygens (including phenoxy) is 1. The Labute approximate surface area is 76.5 Å². The number of H-pyrrole nitrogens is 1. The summed E-state index contributed by atoms with van der Waals surface area (Å²) in [5.74, 6) is 0. The summed E-state index contributed by atoms with van der Waals surface area (Å²) < 4.78 is 7.26. The topological polar surface area (TPSA) is 47.0 Å². The lowest BCUT2D eigenvalue weighted by atomic mass is 10.3. The van der Waals surface area contributed by atoms with Crippen LogP contribution < -0.4 is 5.69 Å². The summed E-state index contributed by atoms with van der Waals surface area (Å²) in [4.78, 5) is 14.3. The second-order valence-corrected chi connectivity index (χ2v) is 3.54. The molecule has 0 aromatic carbocycles. The van der Waals surface area contributed by atoms with Gasteiger partial charge in [0.2, 0.25) is 0 Å². The van der Waals surface area contributed by atoms with E-state index in [1.54, 1.807) is 4.57 Å². The van der Waals surface area contributed by atoms with E-state index in [0.717, 1.165) is 17.8 Å². The van der Waals surface area contributed by atoms with Gasteiger partial charge in [0.15, 0.2) is 0 Å². The van der Waals surface area contributed by atoms with E-state index in [1.807, 2.05) is 13.8 Å². The fourth-order valence-corrected chi connectivity index (χ4v) is 1.81. The van der Waals surface area contributed by atoms with Crippen LogP contribution in [0.3, 0.4) is 0 Å². The third kappa shape index (κ3) is 1.42. The molecule has 1 atom stereocenters. The van der Waals surface area contributed by atoms with Crippen molar-refractivity contribution in [3.8, 4) is 0 Å². The Kier molecular flexibility index (Phi) is 2.00. The lowest BCUT2D eigenvalue weighted by Gasteiger charge is -2.07. The SMILES string of the molecule is Cc1[nH]c(=O)n2c1CCO[C@H](C)C2. The zero-order chi connectivity index (χ0) is 9.42.